The number of aryl methyl sites for hydroxylation is 1. The molecule has 0 bridgehead atoms. The van der Waals surface area contributed by atoms with E-state index in [1.54, 1.807) is 0 Å². The molecule has 1 N–H and O–H groups in total. The number of H-pyrrole nitrogens is 1. The number of nitrogens with zero attached hydrogens (tertiary/aromatic N) is 1. The van der Waals surface area contributed by atoms with E-state index in [0.29, 0.717) is 18.2 Å². The highest BCUT2D eigenvalue weighted by Gasteiger charge is 2.20. The molecule has 3 heteroatoms. The van der Waals surface area contributed by atoms with Crippen molar-refractivity contribution in [1.29, 1.82) is 0 Å². The highest BCUT2D eigenvalue weighted by atomic mass is 16.2. The van der Waals surface area contributed by atoms with E-state index >= 15 is 0 Å². The number of fused-ring (bicyclic) bond motifs is 1. The molecular formula is C18H24N2O. The van der Waals surface area contributed by atoms with E-state index in [9.17, 15) is 4.79 Å². The summed E-state index contributed by atoms with van der Waals surface area (Å²) in [4.78, 5) is 17.6. The lowest BCUT2D eigenvalue weighted by Crippen LogP contribution is -2.38. The van der Waals surface area contributed by atoms with Crippen molar-refractivity contribution in [2.24, 2.45) is 5.92 Å². The minimum Gasteiger partial charge on any atom is -0.361 e. The third-order valence-corrected chi connectivity index (χ3v) is 4.52. The number of aromatic nitrogens is 1. The molecule has 1 atom stereocenters. The summed E-state index contributed by atoms with van der Waals surface area (Å²) in [5.41, 5.74) is 2.51. The quantitative estimate of drug-likeness (QED) is 0.912. The molecule has 1 aromatic heterocycles. The van der Waals surface area contributed by atoms with Crippen molar-refractivity contribution in [1.82, 2.24) is 9.88 Å². The lowest BCUT2D eigenvalue weighted by Gasteiger charge is -2.31. The van der Waals surface area contributed by atoms with E-state index in [-0.39, 0.29) is 0 Å². The number of aromatic amines is 1. The van der Waals surface area contributed by atoms with Gasteiger partial charge in [-0.1, -0.05) is 25.1 Å². The van der Waals surface area contributed by atoms with E-state index in [2.05, 4.69) is 41.2 Å². The summed E-state index contributed by atoms with van der Waals surface area (Å²) >= 11 is 0. The smallest absolute Gasteiger partial charge is 0.222 e. The topological polar surface area (TPSA) is 36.1 Å². The molecule has 0 spiro atoms. The fourth-order valence-corrected chi connectivity index (χ4v) is 3.34. The molecule has 3 nitrogen and oxygen atoms in total. The number of nitrogens with one attached hydrogen (secondary N) is 1. The van der Waals surface area contributed by atoms with Crippen LogP contribution in [0.4, 0.5) is 0 Å². The summed E-state index contributed by atoms with van der Waals surface area (Å²) in [6, 6.07) is 8.36. The third-order valence-electron chi connectivity index (χ3n) is 4.52. The number of para-hydroxylation sites is 1. The maximum absolute atomic E-state index is 12.3. The van der Waals surface area contributed by atoms with Gasteiger partial charge in [0.15, 0.2) is 0 Å². The molecule has 1 saturated heterocycles. The Morgan fingerprint density at radius 2 is 2.24 bits per heavy atom. The molecule has 112 valence electrons. The number of likely N-dealkylation sites (tertiary alicyclic amines) is 1. The Hall–Kier alpha value is -1.77. The SMILES string of the molecule is C[C@@H]1CCCN(C(=O)CCCc2c[nH]c3ccccc23)C1. The molecule has 0 saturated carbocycles. The van der Waals surface area contributed by atoms with Crippen molar-refractivity contribution in [2.45, 2.75) is 39.0 Å². The Kier molecular flexibility index (Phi) is 4.28. The van der Waals surface area contributed by atoms with Crippen molar-refractivity contribution >= 4 is 16.8 Å². The molecule has 1 aromatic carbocycles. The van der Waals surface area contributed by atoms with Crippen LogP contribution in [0.5, 0.6) is 0 Å². The van der Waals surface area contributed by atoms with Crippen LogP contribution >= 0.6 is 0 Å². The van der Waals surface area contributed by atoms with Crippen molar-refractivity contribution < 1.29 is 4.79 Å². The summed E-state index contributed by atoms with van der Waals surface area (Å²) < 4.78 is 0. The zero-order valence-electron chi connectivity index (χ0n) is 12.8. The number of carbonyl (C=O) groups is 1. The maximum Gasteiger partial charge on any atom is 0.222 e. The van der Waals surface area contributed by atoms with E-state index in [4.69, 9.17) is 0 Å². The average molecular weight is 284 g/mol. The Balaban J connectivity index is 1.52. The number of amides is 1. The van der Waals surface area contributed by atoms with Crippen LogP contribution in [0.2, 0.25) is 0 Å². The Morgan fingerprint density at radius 1 is 1.38 bits per heavy atom. The highest BCUT2D eigenvalue weighted by Crippen LogP contribution is 2.20. The van der Waals surface area contributed by atoms with Crippen LogP contribution in [0.3, 0.4) is 0 Å². The van der Waals surface area contributed by atoms with Gasteiger partial charge in [0.2, 0.25) is 5.91 Å². The molecule has 1 amide bonds. The molecule has 1 fully saturated rings. The van der Waals surface area contributed by atoms with Crippen LogP contribution in [-0.2, 0) is 11.2 Å². The molecule has 1 aliphatic heterocycles. The van der Waals surface area contributed by atoms with Gasteiger partial charge in [-0.25, -0.2) is 0 Å². The third kappa shape index (κ3) is 3.29. The van der Waals surface area contributed by atoms with Crippen molar-refractivity contribution in [3.63, 3.8) is 0 Å². The normalized spacial score (nSPS) is 19.1. The summed E-state index contributed by atoms with van der Waals surface area (Å²) in [6.07, 6.45) is 7.09. The van der Waals surface area contributed by atoms with Crippen LogP contribution in [0.15, 0.2) is 30.5 Å². The van der Waals surface area contributed by atoms with Gasteiger partial charge in [0.1, 0.15) is 0 Å². The predicted octanol–water partition coefficient (Wildman–Crippen LogP) is 3.75. The van der Waals surface area contributed by atoms with Gasteiger partial charge in [-0.3, -0.25) is 4.79 Å². The van der Waals surface area contributed by atoms with Crippen molar-refractivity contribution in [3.8, 4) is 0 Å². The number of hydrogen-bond donors (Lipinski definition) is 1. The van der Waals surface area contributed by atoms with Crippen molar-refractivity contribution in [2.75, 3.05) is 13.1 Å². The Bertz CT molecular complexity index is 616. The molecule has 2 aromatic rings. The first-order chi connectivity index (χ1) is 10.2. The molecule has 3 rings (SSSR count). The predicted molar refractivity (Wildman–Crippen MR) is 86.2 cm³/mol. The van der Waals surface area contributed by atoms with Gasteiger partial charge in [0, 0.05) is 36.6 Å². The van der Waals surface area contributed by atoms with Gasteiger partial charge < -0.3 is 9.88 Å². The van der Waals surface area contributed by atoms with Crippen LogP contribution in [0.25, 0.3) is 10.9 Å². The number of carbonyl (C=O) groups excluding carboxylic acids is 1. The second-order valence-corrected chi connectivity index (χ2v) is 6.30. The van der Waals surface area contributed by atoms with E-state index in [1.807, 2.05) is 6.07 Å². The highest BCUT2D eigenvalue weighted by molar-refractivity contribution is 5.83. The molecule has 0 unspecified atom stereocenters. The van der Waals surface area contributed by atoms with E-state index in [0.717, 1.165) is 32.4 Å². The summed E-state index contributed by atoms with van der Waals surface area (Å²) in [5.74, 6) is 0.998. The Morgan fingerprint density at radius 3 is 3.10 bits per heavy atom. The standard InChI is InChI=1S/C18H24N2O/c1-14-6-5-11-20(13-14)18(21)10-4-7-15-12-19-17-9-3-2-8-16(15)17/h2-3,8-9,12,14,19H,4-7,10-11,13H2,1H3/t14-/m1/s1. The van der Waals surface area contributed by atoms with Crippen molar-refractivity contribution in [3.05, 3.63) is 36.0 Å². The zero-order valence-corrected chi connectivity index (χ0v) is 12.8. The largest absolute Gasteiger partial charge is 0.361 e. The van der Waals surface area contributed by atoms with Gasteiger partial charge in [-0.15, -0.1) is 0 Å². The average Bonchev–Trinajstić information content (AvgIpc) is 2.91. The van der Waals surface area contributed by atoms with Gasteiger partial charge in [-0.2, -0.15) is 0 Å². The van der Waals surface area contributed by atoms with Gasteiger partial charge in [-0.05, 0) is 43.2 Å². The first-order valence-corrected chi connectivity index (χ1v) is 8.07. The second kappa shape index (κ2) is 6.33. The Labute approximate surface area is 126 Å². The number of hydrogen-bond acceptors (Lipinski definition) is 1. The summed E-state index contributed by atoms with van der Waals surface area (Å²) in [7, 11) is 0. The minimum atomic E-state index is 0.335. The minimum absolute atomic E-state index is 0.335. The van der Waals surface area contributed by atoms with Gasteiger partial charge in [0.05, 0.1) is 0 Å². The first kappa shape index (κ1) is 14.2. The first-order valence-electron chi connectivity index (χ1n) is 8.07. The van der Waals surface area contributed by atoms with Crippen LogP contribution in [-0.4, -0.2) is 28.9 Å². The maximum atomic E-state index is 12.3. The summed E-state index contributed by atoms with van der Waals surface area (Å²) in [6.45, 7) is 4.15. The zero-order chi connectivity index (χ0) is 14.7. The van der Waals surface area contributed by atoms with E-state index in [1.165, 1.54) is 22.9 Å². The van der Waals surface area contributed by atoms with Crippen LogP contribution in [0, 0.1) is 5.92 Å². The molecular weight excluding hydrogens is 260 g/mol. The molecule has 21 heavy (non-hydrogen) atoms. The van der Waals surface area contributed by atoms with E-state index < -0.39 is 0 Å². The molecule has 1 aliphatic rings. The van der Waals surface area contributed by atoms with Crippen LogP contribution < -0.4 is 0 Å². The number of piperidine rings is 1. The fraction of sp³-hybridized carbons (Fsp3) is 0.500. The van der Waals surface area contributed by atoms with Gasteiger partial charge >= 0.3 is 0 Å². The number of benzene rings is 1. The number of rotatable bonds is 4. The fourth-order valence-electron chi connectivity index (χ4n) is 3.34. The summed E-state index contributed by atoms with van der Waals surface area (Å²) in [5, 5.41) is 1.29. The molecule has 2 heterocycles. The van der Waals surface area contributed by atoms with Crippen LogP contribution in [0.1, 0.15) is 38.2 Å². The van der Waals surface area contributed by atoms with Gasteiger partial charge in [0.25, 0.3) is 0 Å². The second-order valence-electron chi connectivity index (χ2n) is 6.30. The molecule has 0 radical (unpaired) electrons. The lowest BCUT2D eigenvalue weighted by molar-refractivity contribution is -0.132. The lowest BCUT2D eigenvalue weighted by atomic mass is 9.99. The molecule has 0 aliphatic carbocycles. The monoisotopic (exact) mass is 284 g/mol.